The van der Waals surface area contributed by atoms with Crippen molar-refractivity contribution in [2.45, 2.75) is 4.90 Å². The van der Waals surface area contributed by atoms with Gasteiger partial charge in [0, 0.05) is 18.7 Å². The van der Waals surface area contributed by atoms with Gasteiger partial charge in [0.25, 0.3) is 5.91 Å². The highest BCUT2D eigenvalue weighted by Gasteiger charge is 2.28. The number of anilines is 1. The maximum absolute atomic E-state index is 12.9. The molecule has 1 aliphatic heterocycles. The van der Waals surface area contributed by atoms with Crippen LogP contribution in [0.15, 0.2) is 53.4 Å². The predicted molar refractivity (Wildman–Crippen MR) is 97.0 cm³/mol. The van der Waals surface area contributed by atoms with Crippen LogP contribution in [0, 0.1) is 0 Å². The van der Waals surface area contributed by atoms with Gasteiger partial charge in [0.1, 0.15) is 10.6 Å². The van der Waals surface area contributed by atoms with Crippen molar-refractivity contribution in [1.82, 2.24) is 4.31 Å². The van der Waals surface area contributed by atoms with Gasteiger partial charge in [0.2, 0.25) is 10.0 Å². The van der Waals surface area contributed by atoms with Gasteiger partial charge in [-0.2, -0.15) is 4.31 Å². The van der Waals surface area contributed by atoms with Crippen LogP contribution in [-0.4, -0.2) is 52.0 Å². The Labute approximate surface area is 152 Å². The number of ether oxygens (including phenoxy) is 2. The molecule has 1 saturated heterocycles. The van der Waals surface area contributed by atoms with Crippen molar-refractivity contribution in [2.75, 3.05) is 38.7 Å². The maximum atomic E-state index is 12.9. The van der Waals surface area contributed by atoms with Crippen LogP contribution >= 0.6 is 0 Å². The Morgan fingerprint density at radius 1 is 1.08 bits per heavy atom. The molecule has 1 fully saturated rings. The zero-order chi connectivity index (χ0) is 18.6. The van der Waals surface area contributed by atoms with Crippen molar-refractivity contribution in [3.63, 3.8) is 0 Å². The lowest BCUT2D eigenvalue weighted by Crippen LogP contribution is -2.40. The topological polar surface area (TPSA) is 84.9 Å². The summed E-state index contributed by atoms with van der Waals surface area (Å²) in [5.41, 5.74) is 0.657. The summed E-state index contributed by atoms with van der Waals surface area (Å²) in [5, 5.41) is 2.69. The average molecular weight is 376 g/mol. The van der Waals surface area contributed by atoms with E-state index in [1.165, 1.54) is 10.4 Å². The molecule has 3 rings (SSSR count). The van der Waals surface area contributed by atoms with Crippen LogP contribution in [0.5, 0.6) is 5.75 Å². The smallest absolute Gasteiger partial charge is 0.255 e. The second kappa shape index (κ2) is 7.86. The second-order valence-corrected chi connectivity index (χ2v) is 7.60. The fourth-order valence-electron chi connectivity index (χ4n) is 2.66. The van der Waals surface area contributed by atoms with Crippen molar-refractivity contribution >= 4 is 21.6 Å². The third-order valence-corrected chi connectivity index (χ3v) is 6.03. The molecular weight excluding hydrogens is 356 g/mol. The minimum Gasteiger partial charge on any atom is -0.497 e. The number of carbonyl (C=O) groups is 1. The number of para-hydroxylation sites is 1. The summed E-state index contributed by atoms with van der Waals surface area (Å²) >= 11 is 0. The van der Waals surface area contributed by atoms with Crippen LogP contribution in [0.2, 0.25) is 0 Å². The number of hydrogen-bond donors (Lipinski definition) is 1. The molecule has 0 radical (unpaired) electrons. The Morgan fingerprint density at radius 3 is 2.38 bits per heavy atom. The van der Waals surface area contributed by atoms with Crippen LogP contribution in [0.4, 0.5) is 5.69 Å². The molecule has 8 heteroatoms. The molecule has 1 aliphatic rings. The molecule has 1 N–H and O–H groups in total. The molecule has 1 heterocycles. The van der Waals surface area contributed by atoms with Crippen molar-refractivity contribution in [1.29, 1.82) is 0 Å². The molecule has 0 aliphatic carbocycles. The summed E-state index contributed by atoms with van der Waals surface area (Å²) in [6, 6.07) is 13.0. The Bertz CT molecular complexity index is 875. The standard InChI is InChI=1S/C18H20N2O5S/c1-24-15-8-6-14(7-9-15)18(21)19-16-4-2-3-5-17(16)26(22,23)20-10-12-25-13-11-20/h2-9H,10-13H2,1H3,(H,19,21). The van der Waals surface area contributed by atoms with Crippen LogP contribution < -0.4 is 10.1 Å². The quantitative estimate of drug-likeness (QED) is 0.862. The van der Waals surface area contributed by atoms with E-state index in [0.717, 1.165) is 0 Å². The van der Waals surface area contributed by atoms with E-state index >= 15 is 0 Å². The third-order valence-electron chi connectivity index (χ3n) is 4.08. The van der Waals surface area contributed by atoms with E-state index in [0.29, 0.717) is 37.6 Å². The monoisotopic (exact) mass is 376 g/mol. The Balaban J connectivity index is 1.85. The highest BCUT2D eigenvalue weighted by molar-refractivity contribution is 7.89. The normalized spacial score (nSPS) is 15.4. The second-order valence-electron chi connectivity index (χ2n) is 5.70. The van der Waals surface area contributed by atoms with Crippen LogP contribution in [0.1, 0.15) is 10.4 Å². The van der Waals surface area contributed by atoms with E-state index in [1.807, 2.05) is 0 Å². The minimum absolute atomic E-state index is 0.0729. The number of benzene rings is 2. The van der Waals surface area contributed by atoms with Gasteiger partial charge in [-0.25, -0.2) is 8.42 Å². The number of sulfonamides is 1. The number of morpholine rings is 1. The van der Waals surface area contributed by atoms with E-state index in [-0.39, 0.29) is 10.6 Å². The summed E-state index contributed by atoms with van der Waals surface area (Å²) in [5.74, 6) is 0.245. The molecule has 0 spiro atoms. The van der Waals surface area contributed by atoms with Crippen molar-refractivity contribution in [3.8, 4) is 5.75 Å². The van der Waals surface area contributed by atoms with Gasteiger partial charge < -0.3 is 14.8 Å². The highest BCUT2D eigenvalue weighted by atomic mass is 32.2. The molecular formula is C18H20N2O5S. The summed E-state index contributed by atoms with van der Waals surface area (Å²) in [6.07, 6.45) is 0. The first-order valence-electron chi connectivity index (χ1n) is 8.15. The van der Waals surface area contributed by atoms with Gasteiger partial charge in [-0.3, -0.25) is 4.79 Å². The van der Waals surface area contributed by atoms with Crippen molar-refractivity contribution in [3.05, 3.63) is 54.1 Å². The molecule has 0 bridgehead atoms. The fraction of sp³-hybridized carbons (Fsp3) is 0.278. The molecule has 2 aromatic carbocycles. The van der Waals surface area contributed by atoms with E-state index in [2.05, 4.69) is 5.32 Å². The van der Waals surface area contributed by atoms with Gasteiger partial charge in [-0.1, -0.05) is 12.1 Å². The number of methoxy groups -OCH3 is 1. The number of carbonyl (C=O) groups excluding carboxylic acids is 1. The number of rotatable bonds is 5. The molecule has 138 valence electrons. The molecule has 0 unspecified atom stereocenters. The first-order valence-corrected chi connectivity index (χ1v) is 9.59. The van der Waals surface area contributed by atoms with E-state index in [4.69, 9.17) is 9.47 Å². The lowest BCUT2D eigenvalue weighted by molar-refractivity contribution is 0.0730. The number of nitrogens with zero attached hydrogens (tertiary/aromatic N) is 1. The largest absolute Gasteiger partial charge is 0.497 e. The van der Waals surface area contributed by atoms with E-state index in [1.54, 1.807) is 49.6 Å². The van der Waals surface area contributed by atoms with Crippen molar-refractivity contribution < 1.29 is 22.7 Å². The lowest BCUT2D eigenvalue weighted by Gasteiger charge is -2.26. The predicted octanol–water partition coefficient (Wildman–Crippen LogP) is 1.97. The molecule has 2 aromatic rings. The Kier molecular flexibility index (Phi) is 5.55. The Morgan fingerprint density at radius 2 is 1.73 bits per heavy atom. The van der Waals surface area contributed by atoms with Gasteiger partial charge in [0.05, 0.1) is 26.0 Å². The number of hydrogen-bond acceptors (Lipinski definition) is 5. The van der Waals surface area contributed by atoms with Gasteiger partial charge in [-0.15, -0.1) is 0 Å². The van der Waals surface area contributed by atoms with Gasteiger partial charge in [0.15, 0.2) is 0 Å². The molecule has 7 nitrogen and oxygen atoms in total. The zero-order valence-corrected chi connectivity index (χ0v) is 15.2. The van der Waals surface area contributed by atoms with Crippen molar-refractivity contribution in [2.24, 2.45) is 0 Å². The lowest BCUT2D eigenvalue weighted by atomic mass is 10.2. The SMILES string of the molecule is COc1ccc(C(=O)Nc2ccccc2S(=O)(=O)N2CCOCC2)cc1. The molecule has 26 heavy (non-hydrogen) atoms. The molecule has 0 atom stereocenters. The third kappa shape index (κ3) is 3.87. The average Bonchev–Trinajstić information content (AvgIpc) is 2.69. The molecule has 1 amide bonds. The number of nitrogens with one attached hydrogen (secondary N) is 1. The van der Waals surface area contributed by atoms with Crippen LogP contribution in [0.3, 0.4) is 0 Å². The van der Waals surface area contributed by atoms with E-state index < -0.39 is 15.9 Å². The highest BCUT2D eigenvalue weighted by Crippen LogP contribution is 2.26. The van der Waals surface area contributed by atoms with Crippen LogP contribution in [0.25, 0.3) is 0 Å². The first kappa shape index (κ1) is 18.4. The summed E-state index contributed by atoms with van der Waals surface area (Å²) in [4.78, 5) is 12.6. The van der Waals surface area contributed by atoms with Crippen LogP contribution in [-0.2, 0) is 14.8 Å². The zero-order valence-electron chi connectivity index (χ0n) is 14.3. The van der Waals surface area contributed by atoms with E-state index in [9.17, 15) is 13.2 Å². The van der Waals surface area contributed by atoms with Gasteiger partial charge >= 0.3 is 0 Å². The number of amides is 1. The first-order chi connectivity index (χ1) is 12.5. The summed E-state index contributed by atoms with van der Waals surface area (Å²) in [7, 11) is -2.17. The Hall–Kier alpha value is -2.42. The summed E-state index contributed by atoms with van der Waals surface area (Å²) < 4.78 is 37.5. The molecule has 0 aromatic heterocycles. The fourth-order valence-corrected chi connectivity index (χ4v) is 4.21. The maximum Gasteiger partial charge on any atom is 0.255 e. The van der Waals surface area contributed by atoms with Gasteiger partial charge in [-0.05, 0) is 36.4 Å². The summed E-state index contributed by atoms with van der Waals surface area (Å²) in [6.45, 7) is 1.31. The molecule has 0 saturated carbocycles. The minimum atomic E-state index is -3.71.